The molecule has 0 fully saturated rings. The maximum absolute atomic E-state index is 10.8. The lowest BCUT2D eigenvalue weighted by Crippen LogP contribution is -1.97. The Bertz CT molecular complexity index is 529. The van der Waals surface area contributed by atoms with Crippen molar-refractivity contribution < 1.29 is 4.92 Å². The molecule has 0 bridgehead atoms. The largest absolute Gasteiger partial charge is 0.273 e. The summed E-state index contributed by atoms with van der Waals surface area (Å²) in [7, 11) is 0. The number of nitro benzene ring substituents is 1. The molecule has 5 nitrogen and oxygen atoms in total. The van der Waals surface area contributed by atoms with Crippen molar-refractivity contribution in [3.8, 4) is 0 Å². The third-order valence-corrected chi connectivity index (χ3v) is 2.82. The molecular weight excluding hydrogens is 250 g/mol. The molecule has 0 saturated carbocycles. The predicted molar refractivity (Wildman–Crippen MR) is 60.8 cm³/mol. The van der Waals surface area contributed by atoms with E-state index in [0.29, 0.717) is 22.3 Å². The molecule has 0 aliphatic heterocycles. The van der Waals surface area contributed by atoms with E-state index in [9.17, 15) is 10.1 Å². The number of halogens is 1. The van der Waals surface area contributed by atoms with Crippen LogP contribution in [0.4, 0.5) is 5.69 Å². The predicted octanol–water partition coefficient (Wildman–Crippen LogP) is 2.69. The summed E-state index contributed by atoms with van der Waals surface area (Å²) in [5.74, 6) is 0.504. The lowest BCUT2D eigenvalue weighted by Gasteiger charge is -1.98. The Kier molecular flexibility index (Phi) is 3.12. The van der Waals surface area contributed by atoms with E-state index in [1.54, 1.807) is 18.2 Å². The third-order valence-electron chi connectivity index (χ3n) is 1.98. The Morgan fingerprint density at radius 1 is 1.44 bits per heavy atom. The number of nitrogens with zero attached hydrogens (tertiary/aromatic N) is 3. The molecule has 0 atom stereocenters. The first-order chi connectivity index (χ1) is 7.66. The molecule has 0 saturated heterocycles. The minimum absolute atomic E-state index is 0.0772. The molecular formula is C9H6ClN3O2S. The van der Waals surface area contributed by atoms with Crippen molar-refractivity contribution >= 4 is 28.8 Å². The van der Waals surface area contributed by atoms with Gasteiger partial charge in [0.05, 0.1) is 4.92 Å². The van der Waals surface area contributed by atoms with Gasteiger partial charge in [0.1, 0.15) is 5.82 Å². The Hall–Kier alpha value is -1.53. The van der Waals surface area contributed by atoms with Gasteiger partial charge in [-0.2, -0.15) is 4.37 Å². The molecule has 0 N–H and O–H groups in total. The van der Waals surface area contributed by atoms with Gasteiger partial charge in [0, 0.05) is 18.1 Å². The van der Waals surface area contributed by atoms with E-state index < -0.39 is 4.92 Å². The third kappa shape index (κ3) is 2.34. The first kappa shape index (κ1) is 11.0. The van der Waals surface area contributed by atoms with Gasteiger partial charge in [-0.05, 0) is 23.1 Å². The van der Waals surface area contributed by atoms with Crippen LogP contribution in [0.1, 0.15) is 11.4 Å². The van der Waals surface area contributed by atoms with E-state index in [1.807, 2.05) is 0 Å². The fraction of sp³-hybridized carbons (Fsp3) is 0.111. The summed E-state index contributed by atoms with van der Waals surface area (Å²) in [6.45, 7) is 0. The number of nitro groups is 1. The second-order valence-corrected chi connectivity index (χ2v) is 4.36. The normalized spacial score (nSPS) is 10.3. The van der Waals surface area contributed by atoms with Gasteiger partial charge >= 0.3 is 0 Å². The molecule has 0 spiro atoms. The van der Waals surface area contributed by atoms with E-state index in [0.717, 1.165) is 11.5 Å². The van der Waals surface area contributed by atoms with Gasteiger partial charge in [-0.15, -0.1) is 0 Å². The first-order valence-corrected chi connectivity index (χ1v) is 5.52. The van der Waals surface area contributed by atoms with Crippen LogP contribution in [0.15, 0.2) is 24.3 Å². The fourth-order valence-electron chi connectivity index (χ4n) is 1.31. The summed E-state index contributed by atoms with van der Waals surface area (Å²) >= 11 is 6.71. The number of para-hydroxylation sites is 1. The van der Waals surface area contributed by atoms with Crippen LogP contribution in [-0.4, -0.2) is 14.3 Å². The van der Waals surface area contributed by atoms with Crippen molar-refractivity contribution in [3.63, 3.8) is 0 Å². The van der Waals surface area contributed by atoms with Gasteiger partial charge in [0.15, 0.2) is 0 Å². The molecule has 0 amide bonds. The zero-order valence-corrected chi connectivity index (χ0v) is 9.53. The van der Waals surface area contributed by atoms with Crippen LogP contribution in [0.2, 0.25) is 4.47 Å². The fourth-order valence-corrected chi connectivity index (χ4v) is 1.95. The van der Waals surface area contributed by atoms with Crippen molar-refractivity contribution in [2.45, 2.75) is 6.42 Å². The van der Waals surface area contributed by atoms with Crippen molar-refractivity contribution in [1.29, 1.82) is 0 Å². The lowest BCUT2D eigenvalue weighted by atomic mass is 10.1. The number of hydrogen-bond donors (Lipinski definition) is 0. The Balaban J connectivity index is 2.31. The molecule has 0 radical (unpaired) electrons. The second-order valence-electron chi connectivity index (χ2n) is 3.03. The van der Waals surface area contributed by atoms with Gasteiger partial charge in [0.25, 0.3) is 5.69 Å². The van der Waals surface area contributed by atoms with Gasteiger partial charge in [-0.1, -0.05) is 18.2 Å². The molecule has 0 aliphatic carbocycles. The highest BCUT2D eigenvalue weighted by molar-refractivity contribution is 7.10. The van der Waals surface area contributed by atoms with Gasteiger partial charge in [0.2, 0.25) is 4.47 Å². The lowest BCUT2D eigenvalue weighted by molar-refractivity contribution is -0.385. The summed E-state index contributed by atoms with van der Waals surface area (Å²) in [5, 5.41) is 10.8. The SMILES string of the molecule is O=[N+]([O-])c1ccccc1Cc1nsc(Cl)n1. The maximum Gasteiger partial charge on any atom is 0.273 e. The molecule has 16 heavy (non-hydrogen) atoms. The van der Waals surface area contributed by atoms with Crippen LogP contribution in [0.5, 0.6) is 0 Å². The van der Waals surface area contributed by atoms with Gasteiger partial charge in [-0.3, -0.25) is 10.1 Å². The highest BCUT2D eigenvalue weighted by Gasteiger charge is 2.14. The number of aromatic nitrogens is 2. The highest BCUT2D eigenvalue weighted by atomic mass is 35.5. The molecule has 7 heteroatoms. The molecule has 0 unspecified atom stereocenters. The summed E-state index contributed by atoms with van der Waals surface area (Å²) in [4.78, 5) is 14.3. The topological polar surface area (TPSA) is 68.9 Å². The van der Waals surface area contributed by atoms with Crippen molar-refractivity contribution in [3.05, 3.63) is 50.2 Å². The monoisotopic (exact) mass is 255 g/mol. The zero-order valence-electron chi connectivity index (χ0n) is 7.96. The molecule has 1 aromatic heterocycles. The van der Waals surface area contributed by atoms with E-state index in [2.05, 4.69) is 9.36 Å². The van der Waals surface area contributed by atoms with E-state index in [1.165, 1.54) is 6.07 Å². The zero-order chi connectivity index (χ0) is 11.5. The van der Waals surface area contributed by atoms with E-state index in [4.69, 9.17) is 11.6 Å². The summed E-state index contributed by atoms with van der Waals surface area (Å²) in [6.07, 6.45) is 0.320. The van der Waals surface area contributed by atoms with Crippen LogP contribution >= 0.6 is 23.1 Å². The average Bonchev–Trinajstić information content (AvgIpc) is 2.64. The second kappa shape index (κ2) is 4.54. The molecule has 82 valence electrons. The number of hydrogen-bond acceptors (Lipinski definition) is 5. The smallest absolute Gasteiger partial charge is 0.258 e. The van der Waals surface area contributed by atoms with Crippen molar-refractivity contribution in [2.75, 3.05) is 0 Å². The maximum atomic E-state index is 10.8. The van der Waals surface area contributed by atoms with Gasteiger partial charge in [-0.25, -0.2) is 4.98 Å². The van der Waals surface area contributed by atoms with Crippen LogP contribution in [0, 0.1) is 10.1 Å². The Morgan fingerprint density at radius 2 is 2.19 bits per heavy atom. The Morgan fingerprint density at radius 3 is 2.81 bits per heavy atom. The standard InChI is InChI=1S/C9H6ClN3O2S/c10-9-11-8(12-16-9)5-6-3-1-2-4-7(6)13(14)15/h1-4H,5H2. The summed E-state index contributed by atoms with van der Waals surface area (Å²) in [6, 6.07) is 6.52. The van der Waals surface area contributed by atoms with Crippen LogP contribution < -0.4 is 0 Å². The number of rotatable bonds is 3. The minimum Gasteiger partial charge on any atom is -0.258 e. The molecule has 0 aliphatic rings. The highest BCUT2D eigenvalue weighted by Crippen LogP contribution is 2.21. The van der Waals surface area contributed by atoms with Gasteiger partial charge < -0.3 is 0 Å². The molecule has 2 aromatic rings. The molecule has 1 heterocycles. The molecule has 1 aromatic carbocycles. The van der Waals surface area contributed by atoms with Crippen molar-refractivity contribution in [2.24, 2.45) is 0 Å². The molecule has 2 rings (SSSR count). The summed E-state index contributed by atoms with van der Waals surface area (Å²) in [5.41, 5.74) is 0.662. The average molecular weight is 256 g/mol. The van der Waals surface area contributed by atoms with Crippen LogP contribution in [0.25, 0.3) is 0 Å². The minimum atomic E-state index is -0.413. The Labute approximate surface area is 100 Å². The van der Waals surface area contributed by atoms with Crippen LogP contribution in [-0.2, 0) is 6.42 Å². The first-order valence-electron chi connectivity index (χ1n) is 4.37. The quantitative estimate of drug-likeness (QED) is 0.625. The van der Waals surface area contributed by atoms with Crippen LogP contribution in [0.3, 0.4) is 0 Å². The van der Waals surface area contributed by atoms with E-state index in [-0.39, 0.29) is 5.69 Å². The summed E-state index contributed by atoms with van der Waals surface area (Å²) < 4.78 is 4.33. The van der Waals surface area contributed by atoms with Crippen molar-refractivity contribution in [1.82, 2.24) is 9.36 Å². The number of benzene rings is 1. The van der Waals surface area contributed by atoms with E-state index >= 15 is 0 Å².